The topological polar surface area (TPSA) is 59.1 Å². The van der Waals surface area contributed by atoms with Gasteiger partial charge in [0.05, 0.1) is 10.6 Å². The molecule has 3 rings (SSSR count). The largest absolute Gasteiger partial charge is 0.516 e. The zero-order valence-electron chi connectivity index (χ0n) is 12.5. The van der Waals surface area contributed by atoms with Gasteiger partial charge in [0.1, 0.15) is 0 Å². The molecule has 0 aliphatic rings. The number of anilines is 1. The van der Waals surface area contributed by atoms with E-state index in [2.05, 4.69) is 4.98 Å². The fourth-order valence-corrected chi connectivity index (χ4v) is 3.84. The van der Waals surface area contributed by atoms with Gasteiger partial charge in [-0.3, -0.25) is 4.72 Å². The minimum Gasteiger partial charge on any atom is -0.251 e. The van der Waals surface area contributed by atoms with Gasteiger partial charge in [0.2, 0.25) is 0 Å². The van der Waals surface area contributed by atoms with Crippen LogP contribution in [0.2, 0.25) is 0 Å². The number of nitrogens with one attached hydrogen (secondary N) is 1. The fourth-order valence-electron chi connectivity index (χ4n) is 2.11. The summed E-state index contributed by atoms with van der Waals surface area (Å²) in [6.45, 7) is 0. The first-order valence-electron chi connectivity index (χ1n) is 6.99. The lowest BCUT2D eigenvalue weighted by atomic mass is 10.1. The molecule has 0 aliphatic carbocycles. The van der Waals surface area contributed by atoms with Gasteiger partial charge in [0, 0.05) is 5.56 Å². The third-order valence-electron chi connectivity index (χ3n) is 3.24. The number of nitrogens with zero attached hydrogens (tertiary/aromatic N) is 1. The van der Waals surface area contributed by atoms with Crippen LogP contribution in [0.1, 0.15) is 0 Å². The van der Waals surface area contributed by atoms with Crippen LogP contribution in [0.5, 0.6) is 0 Å². The number of hydrogen-bond acceptors (Lipinski definition) is 4. The molecule has 0 saturated carbocycles. The van der Waals surface area contributed by atoms with Crippen LogP contribution in [0.3, 0.4) is 0 Å². The second-order valence-corrected chi connectivity index (χ2v) is 7.65. The van der Waals surface area contributed by atoms with Crippen LogP contribution in [0, 0.1) is 0 Å². The number of aromatic nitrogens is 1. The molecule has 0 aliphatic heterocycles. The number of alkyl halides is 3. The van der Waals surface area contributed by atoms with Crippen molar-refractivity contribution >= 4 is 26.5 Å². The number of hydrogen-bond donors (Lipinski definition) is 1. The van der Waals surface area contributed by atoms with Crippen molar-refractivity contribution < 1.29 is 21.6 Å². The summed E-state index contributed by atoms with van der Waals surface area (Å²) in [6.07, 6.45) is 0. The minimum absolute atomic E-state index is 0.338. The van der Waals surface area contributed by atoms with Crippen LogP contribution in [0.15, 0.2) is 60.7 Å². The summed E-state index contributed by atoms with van der Waals surface area (Å²) in [5.74, 6) is 0. The van der Waals surface area contributed by atoms with Gasteiger partial charge in [-0.25, -0.2) is 4.98 Å². The van der Waals surface area contributed by atoms with Crippen molar-refractivity contribution in [2.45, 2.75) is 5.51 Å². The van der Waals surface area contributed by atoms with Gasteiger partial charge in [0.25, 0.3) is 0 Å². The van der Waals surface area contributed by atoms with E-state index in [1.807, 2.05) is 0 Å². The van der Waals surface area contributed by atoms with Gasteiger partial charge in [-0.2, -0.15) is 21.6 Å². The van der Waals surface area contributed by atoms with Gasteiger partial charge < -0.3 is 0 Å². The minimum atomic E-state index is -5.52. The zero-order chi connectivity index (χ0) is 18.1. The highest BCUT2D eigenvalue weighted by molar-refractivity contribution is 7.93. The molecule has 4 nitrogen and oxygen atoms in total. The molecule has 3 aromatic rings. The summed E-state index contributed by atoms with van der Waals surface area (Å²) in [6, 6.07) is 17.8. The predicted octanol–water partition coefficient (Wildman–Crippen LogP) is 4.74. The van der Waals surface area contributed by atoms with Crippen LogP contribution < -0.4 is 4.72 Å². The average molecular weight is 384 g/mol. The highest BCUT2D eigenvalue weighted by Gasteiger charge is 2.46. The highest BCUT2D eigenvalue weighted by Crippen LogP contribution is 2.40. The van der Waals surface area contributed by atoms with E-state index in [0.717, 1.165) is 16.9 Å². The zero-order valence-corrected chi connectivity index (χ0v) is 14.1. The average Bonchev–Trinajstić information content (AvgIpc) is 2.98. The van der Waals surface area contributed by atoms with Gasteiger partial charge in [-0.15, -0.1) is 0 Å². The molecule has 130 valence electrons. The van der Waals surface area contributed by atoms with Crippen molar-refractivity contribution in [3.8, 4) is 21.7 Å². The fraction of sp³-hybridized carbons (Fsp3) is 0.0625. The molecule has 0 amide bonds. The third-order valence-corrected chi connectivity index (χ3v) is 5.46. The number of sulfonamides is 1. The van der Waals surface area contributed by atoms with Crippen LogP contribution in [-0.4, -0.2) is 18.9 Å². The molecule has 0 radical (unpaired) electrons. The molecule has 0 saturated heterocycles. The maximum atomic E-state index is 12.6. The summed E-state index contributed by atoms with van der Waals surface area (Å²) in [5, 5.41) is -0.338. The lowest BCUT2D eigenvalue weighted by Crippen LogP contribution is -2.29. The van der Waals surface area contributed by atoms with Crippen molar-refractivity contribution in [2.24, 2.45) is 0 Å². The Bertz CT molecular complexity index is 913. The molecular weight excluding hydrogens is 373 g/mol. The van der Waals surface area contributed by atoms with Crippen LogP contribution in [-0.2, 0) is 10.0 Å². The molecule has 0 atom stereocenters. The van der Waals surface area contributed by atoms with E-state index in [-0.39, 0.29) is 5.13 Å². The second kappa shape index (κ2) is 6.49. The Hall–Kier alpha value is -2.39. The van der Waals surface area contributed by atoms with E-state index in [9.17, 15) is 21.6 Å². The first-order valence-corrected chi connectivity index (χ1v) is 9.29. The Morgan fingerprint density at radius 1 is 0.880 bits per heavy atom. The van der Waals surface area contributed by atoms with E-state index in [1.54, 1.807) is 60.7 Å². The van der Waals surface area contributed by atoms with Crippen molar-refractivity contribution in [1.82, 2.24) is 4.98 Å². The molecule has 0 bridgehead atoms. The normalized spacial score (nSPS) is 12.1. The predicted molar refractivity (Wildman–Crippen MR) is 91.6 cm³/mol. The van der Waals surface area contributed by atoms with Gasteiger partial charge in [-0.1, -0.05) is 72.0 Å². The molecule has 9 heteroatoms. The highest BCUT2D eigenvalue weighted by atomic mass is 32.2. The van der Waals surface area contributed by atoms with Crippen molar-refractivity contribution in [1.29, 1.82) is 0 Å². The summed E-state index contributed by atoms with van der Waals surface area (Å²) in [5.41, 5.74) is -3.58. The third kappa shape index (κ3) is 3.67. The monoisotopic (exact) mass is 384 g/mol. The first-order chi connectivity index (χ1) is 11.8. The SMILES string of the molecule is O=S(=O)(Nc1nc(-c2ccccc2)c(-c2ccccc2)s1)C(F)(F)F. The summed E-state index contributed by atoms with van der Waals surface area (Å²) in [4.78, 5) is 4.66. The van der Waals surface area contributed by atoms with Crippen LogP contribution in [0.4, 0.5) is 18.3 Å². The maximum Gasteiger partial charge on any atom is 0.516 e. The van der Waals surface area contributed by atoms with Crippen molar-refractivity contribution in [3.63, 3.8) is 0 Å². The van der Waals surface area contributed by atoms with Crippen molar-refractivity contribution in [2.75, 3.05) is 4.72 Å². The summed E-state index contributed by atoms with van der Waals surface area (Å²) in [7, 11) is -5.52. The summed E-state index contributed by atoms with van der Waals surface area (Å²) < 4.78 is 62.0. The second-order valence-electron chi connectivity index (χ2n) is 4.98. The van der Waals surface area contributed by atoms with Crippen molar-refractivity contribution in [3.05, 3.63) is 60.7 Å². The lowest BCUT2D eigenvalue weighted by molar-refractivity contribution is -0.0429. The van der Waals surface area contributed by atoms with Crippen LogP contribution in [0.25, 0.3) is 21.7 Å². The number of thiazole rings is 1. The molecule has 0 unspecified atom stereocenters. The molecule has 0 spiro atoms. The smallest absolute Gasteiger partial charge is 0.251 e. The molecule has 2 aromatic carbocycles. The number of halogens is 3. The molecule has 1 heterocycles. The van der Waals surface area contributed by atoms with E-state index in [1.165, 1.54) is 4.72 Å². The Labute approximate surface area is 146 Å². The van der Waals surface area contributed by atoms with Gasteiger partial charge >= 0.3 is 15.5 Å². The van der Waals surface area contributed by atoms with E-state index in [4.69, 9.17) is 0 Å². The number of benzene rings is 2. The lowest BCUT2D eigenvalue weighted by Gasteiger charge is -2.07. The molecule has 1 aromatic heterocycles. The molecule has 25 heavy (non-hydrogen) atoms. The Morgan fingerprint density at radius 2 is 1.40 bits per heavy atom. The van der Waals surface area contributed by atoms with E-state index in [0.29, 0.717) is 16.1 Å². The van der Waals surface area contributed by atoms with Gasteiger partial charge in [0.15, 0.2) is 5.13 Å². The Balaban J connectivity index is 2.10. The molecular formula is C16H11F3N2O2S2. The van der Waals surface area contributed by atoms with E-state index < -0.39 is 15.5 Å². The summed E-state index contributed by atoms with van der Waals surface area (Å²) >= 11 is 0.849. The first kappa shape index (κ1) is 17.4. The van der Waals surface area contributed by atoms with Gasteiger partial charge in [-0.05, 0) is 5.56 Å². The Morgan fingerprint density at radius 3 is 1.92 bits per heavy atom. The quantitative estimate of drug-likeness (QED) is 0.707. The number of rotatable bonds is 4. The Kier molecular flexibility index (Phi) is 4.53. The van der Waals surface area contributed by atoms with E-state index >= 15 is 0 Å². The van der Waals surface area contributed by atoms with Crippen LogP contribution >= 0.6 is 11.3 Å². The molecule has 0 fully saturated rings. The molecule has 1 N–H and O–H groups in total. The maximum absolute atomic E-state index is 12.6. The standard InChI is InChI=1S/C16H11F3N2O2S2/c17-16(18,19)25(22,23)21-15-20-13(11-7-3-1-4-8-11)14(24-15)12-9-5-2-6-10-12/h1-10H,(H,20,21).